The molecule has 0 bridgehead atoms. The number of hydrogen-bond acceptors (Lipinski definition) is 2. The normalized spacial score (nSPS) is 22.3. The Bertz CT molecular complexity index is 310. The van der Waals surface area contributed by atoms with Crippen LogP contribution >= 0.6 is 11.6 Å². The third-order valence-corrected chi connectivity index (χ3v) is 5.09. The van der Waals surface area contributed by atoms with Crippen molar-refractivity contribution in [2.24, 2.45) is 5.92 Å². The van der Waals surface area contributed by atoms with Gasteiger partial charge < -0.3 is 0 Å². The second-order valence-corrected chi connectivity index (χ2v) is 7.86. The summed E-state index contributed by atoms with van der Waals surface area (Å²) in [6.45, 7) is 3.75. The number of rotatable bonds is 6. The monoisotopic (exact) mass is 281 g/mol. The molecule has 1 saturated carbocycles. The van der Waals surface area contributed by atoms with E-state index in [1.54, 1.807) is 0 Å². The van der Waals surface area contributed by atoms with Gasteiger partial charge in [-0.15, -0.1) is 11.6 Å². The van der Waals surface area contributed by atoms with E-state index < -0.39 is 10.0 Å². The highest BCUT2D eigenvalue weighted by Crippen LogP contribution is 2.24. The molecule has 1 aliphatic carbocycles. The zero-order valence-corrected chi connectivity index (χ0v) is 12.4. The van der Waals surface area contributed by atoms with E-state index in [1.807, 2.05) is 13.8 Å². The van der Waals surface area contributed by atoms with Crippen LogP contribution < -0.4 is 4.72 Å². The fourth-order valence-corrected chi connectivity index (χ4v) is 4.58. The summed E-state index contributed by atoms with van der Waals surface area (Å²) in [7, 11) is -3.13. The van der Waals surface area contributed by atoms with Crippen molar-refractivity contribution in [2.75, 3.05) is 5.75 Å². The molecule has 0 saturated heterocycles. The highest BCUT2D eigenvalue weighted by molar-refractivity contribution is 7.89. The molecule has 0 heterocycles. The van der Waals surface area contributed by atoms with Crippen molar-refractivity contribution < 1.29 is 8.42 Å². The lowest BCUT2D eigenvalue weighted by Gasteiger charge is -2.23. The van der Waals surface area contributed by atoms with Gasteiger partial charge in [0.1, 0.15) is 0 Å². The van der Waals surface area contributed by atoms with E-state index in [0.717, 1.165) is 12.8 Å². The van der Waals surface area contributed by atoms with Crippen molar-refractivity contribution in [3.63, 3.8) is 0 Å². The van der Waals surface area contributed by atoms with Gasteiger partial charge in [0.25, 0.3) is 0 Å². The van der Waals surface area contributed by atoms with Gasteiger partial charge in [0.05, 0.1) is 5.75 Å². The Balaban J connectivity index is 2.39. The second kappa shape index (κ2) is 6.95. The van der Waals surface area contributed by atoms with Crippen molar-refractivity contribution in [2.45, 2.75) is 63.8 Å². The van der Waals surface area contributed by atoms with Gasteiger partial charge in [0.2, 0.25) is 10.0 Å². The molecule has 5 heteroatoms. The van der Waals surface area contributed by atoms with E-state index in [9.17, 15) is 8.42 Å². The molecule has 1 fully saturated rings. The van der Waals surface area contributed by atoms with Crippen LogP contribution in [0.4, 0.5) is 0 Å². The van der Waals surface area contributed by atoms with Gasteiger partial charge in [-0.25, -0.2) is 13.1 Å². The Hall–Kier alpha value is 0.200. The molecular formula is C12H24ClNO2S. The second-order valence-electron chi connectivity index (χ2n) is 5.32. The van der Waals surface area contributed by atoms with Gasteiger partial charge in [-0.2, -0.15) is 0 Å². The van der Waals surface area contributed by atoms with Crippen LogP contribution in [0, 0.1) is 5.92 Å². The first-order chi connectivity index (χ1) is 7.89. The smallest absolute Gasteiger partial charge is 0.212 e. The van der Waals surface area contributed by atoms with Crippen LogP contribution in [0.5, 0.6) is 0 Å². The first-order valence-electron chi connectivity index (χ1n) is 6.53. The quantitative estimate of drug-likeness (QED) is 0.761. The summed E-state index contributed by atoms with van der Waals surface area (Å²) >= 11 is 5.86. The van der Waals surface area contributed by atoms with Crippen LogP contribution in [-0.4, -0.2) is 25.6 Å². The van der Waals surface area contributed by atoms with Crippen molar-refractivity contribution >= 4 is 21.6 Å². The zero-order chi connectivity index (χ0) is 12.9. The van der Waals surface area contributed by atoms with Crippen molar-refractivity contribution in [3.8, 4) is 0 Å². The van der Waals surface area contributed by atoms with Crippen LogP contribution in [0.3, 0.4) is 0 Å². The van der Waals surface area contributed by atoms with Crippen molar-refractivity contribution in [1.82, 2.24) is 4.72 Å². The highest BCUT2D eigenvalue weighted by atomic mass is 35.5. The molecule has 1 N–H and O–H groups in total. The maximum atomic E-state index is 11.9. The average Bonchev–Trinajstić information content (AvgIpc) is 2.15. The summed E-state index contributed by atoms with van der Waals surface area (Å²) in [5, 5.41) is 0.00220. The van der Waals surface area contributed by atoms with Gasteiger partial charge >= 0.3 is 0 Å². The summed E-state index contributed by atoms with van der Waals surface area (Å²) in [4.78, 5) is 0. The summed E-state index contributed by atoms with van der Waals surface area (Å²) < 4.78 is 26.6. The molecule has 0 amide bonds. The summed E-state index contributed by atoms with van der Waals surface area (Å²) in [6, 6.07) is -0.0731. The van der Waals surface area contributed by atoms with Crippen LogP contribution in [-0.2, 0) is 10.0 Å². The first-order valence-corrected chi connectivity index (χ1v) is 8.62. The number of halogens is 1. The predicted molar refractivity (Wildman–Crippen MR) is 72.9 cm³/mol. The van der Waals surface area contributed by atoms with Crippen molar-refractivity contribution in [3.05, 3.63) is 0 Å². The van der Waals surface area contributed by atoms with Crippen LogP contribution in [0.25, 0.3) is 0 Å². The lowest BCUT2D eigenvalue weighted by molar-refractivity contribution is 0.383. The largest absolute Gasteiger partial charge is 0.212 e. The molecular weight excluding hydrogens is 258 g/mol. The molecule has 0 aromatic carbocycles. The topological polar surface area (TPSA) is 46.2 Å². The van der Waals surface area contributed by atoms with Gasteiger partial charge in [0.15, 0.2) is 0 Å². The Morgan fingerprint density at radius 3 is 2.35 bits per heavy atom. The Morgan fingerprint density at radius 1 is 1.24 bits per heavy atom. The lowest BCUT2D eigenvalue weighted by Crippen LogP contribution is -2.37. The molecule has 0 radical (unpaired) electrons. The first kappa shape index (κ1) is 15.3. The maximum absolute atomic E-state index is 11.9. The minimum Gasteiger partial charge on any atom is -0.212 e. The zero-order valence-electron chi connectivity index (χ0n) is 10.8. The van der Waals surface area contributed by atoms with Gasteiger partial charge in [-0.05, 0) is 39.0 Å². The van der Waals surface area contributed by atoms with E-state index in [2.05, 4.69) is 4.72 Å². The van der Waals surface area contributed by atoms with E-state index >= 15 is 0 Å². The molecule has 1 rings (SSSR count). The molecule has 2 atom stereocenters. The molecule has 0 aromatic rings. The number of alkyl halides is 1. The van der Waals surface area contributed by atoms with Crippen molar-refractivity contribution in [1.29, 1.82) is 0 Å². The third-order valence-electron chi connectivity index (χ3n) is 3.24. The number of sulfonamides is 1. The van der Waals surface area contributed by atoms with E-state index in [0.29, 0.717) is 12.3 Å². The number of nitrogens with one attached hydrogen (secondary N) is 1. The van der Waals surface area contributed by atoms with Crippen LogP contribution in [0.1, 0.15) is 52.4 Å². The third kappa shape index (κ3) is 6.63. The Kier molecular flexibility index (Phi) is 6.24. The summed E-state index contributed by atoms with van der Waals surface area (Å²) in [5.74, 6) is 0.635. The van der Waals surface area contributed by atoms with Crippen LogP contribution in [0.15, 0.2) is 0 Å². The van der Waals surface area contributed by atoms with Gasteiger partial charge in [-0.3, -0.25) is 0 Å². The minimum atomic E-state index is -3.13. The maximum Gasteiger partial charge on any atom is 0.212 e. The predicted octanol–water partition coefficient (Wildman–Crippen LogP) is 2.89. The average molecular weight is 282 g/mol. The van der Waals surface area contributed by atoms with E-state index in [4.69, 9.17) is 11.6 Å². The molecule has 1 aliphatic rings. The molecule has 0 aliphatic heterocycles. The van der Waals surface area contributed by atoms with Gasteiger partial charge in [0, 0.05) is 11.4 Å². The SMILES string of the molecule is CC(Cl)CC(C)NS(=O)(=O)CC1CCCCC1. The summed E-state index contributed by atoms with van der Waals surface area (Å²) in [5.41, 5.74) is 0. The minimum absolute atomic E-state index is 0.00220. The highest BCUT2D eigenvalue weighted by Gasteiger charge is 2.22. The summed E-state index contributed by atoms with van der Waals surface area (Å²) in [6.07, 6.45) is 6.39. The Morgan fingerprint density at radius 2 is 1.82 bits per heavy atom. The molecule has 0 aromatic heterocycles. The molecule has 2 unspecified atom stereocenters. The molecule has 3 nitrogen and oxygen atoms in total. The van der Waals surface area contributed by atoms with E-state index in [-0.39, 0.29) is 17.2 Å². The number of hydrogen-bond donors (Lipinski definition) is 1. The standard InChI is InChI=1S/C12H24ClNO2S/c1-10(13)8-11(2)14-17(15,16)9-12-6-4-3-5-7-12/h10-12,14H,3-9H2,1-2H3. The fraction of sp³-hybridized carbons (Fsp3) is 1.00. The molecule has 102 valence electrons. The van der Waals surface area contributed by atoms with Crippen LogP contribution in [0.2, 0.25) is 0 Å². The Labute approximate surface area is 110 Å². The van der Waals surface area contributed by atoms with Gasteiger partial charge in [-0.1, -0.05) is 19.3 Å². The molecule has 17 heavy (non-hydrogen) atoms. The fourth-order valence-electron chi connectivity index (χ4n) is 2.55. The van der Waals surface area contributed by atoms with E-state index in [1.165, 1.54) is 19.3 Å². The molecule has 0 spiro atoms. The lowest BCUT2D eigenvalue weighted by atomic mass is 9.91.